The van der Waals surface area contributed by atoms with Crippen LogP contribution in [-0.2, 0) is 19.2 Å². The van der Waals surface area contributed by atoms with Crippen molar-refractivity contribution in [3.05, 3.63) is 0 Å². The first-order valence-corrected chi connectivity index (χ1v) is 5.04. The molecule has 0 saturated carbocycles. The maximum atomic E-state index is 11.7. The van der Waals surface area contributed by atoms with Crippen molar-refractivity contribution in [2.75, 3.05) is 14.1 Å². The Balaban J connectivity index is 2.22. The SMILES string of the molecule is CN1C(=O)CC(C2CC(=O)N(C)C2=O)C1=O. The van der Waals surface area contributed by atoms with E-state index in [1.165, 1.54) is 14.1 Å². The molecule has 6 heteroatoms. The van der Waals surface area contributed by atoms with Gasteiger partial charge < -0.3 is 0 Å². The van der Waals surface area contributed by atoms with Crippen LogP contribution in [0.2, 0.25) is 0 Å². The van der Waals surface area contributed by atoms with Crippen molar-refractivity contribution in [3.63, 3.8) is 0 Å². The molecule has 0 aromatic carbocycles. The first-order chi connectivity index (χ1) is 7.43. The fourth-order valence-corrected chi connectivity index (χ4v) is 2.20. The molecule has 2 unspecified atom stereocenters. The van der Waals surface area contributed by atoms with Crippen LogP contribution >= 0.6 is 0 Å². The second kappa shape index (κ2) is 3.40. The fraction of sp³-hybridized carbons (Fsp3) is 0.600. The summed E-state index contributed by atoms with van der Waals surface area (Å²) in [6.07, 6.45) is 0.0692. The number of carbonyl (C=O) groups is 4. The van der Waals surface area contributed by atoms with Gasteiger partial charge in [-0.3, -0.25) is 29.0 Å². The Morgan fingerprint density at radius 2 is 1.12 bits per heavy atom. The summed E-state index contributed by atoms with van der Waals surface area (Å²) >= 11 is 0. The Morgan fingerprint density at radius 3 is 1.31 bits per heavy atom. The number of carbonyl (C=O) groups excluding carboxylic acids is 4. The van der Waals surface area contributed by atoms with Crippen LogP contribution in [0.25, 0.3) is 0 Å². The summed E-state index contributed by atoms with van der Waals surface area (Å²) in [5.41, 5.74) is 0. The van der Waals surface area contributed by atoms with Crippen molar-refractivity contribution in [2.24, 2.45) is 11.8 Å². The van der Waals surface area contributed by atoms with Crippen molar-refractivity contribution in [2.45, 2.75) is 12.8 Å². The van der Waals surface area contributed by atoms with Crippen molar-refractivity contribution in [1.82, 2.24) is 9.80 Å². The highest BCUT2D eigenvalue weighted by Gasteiger charge is 2.49. The summed E-state index contributed by atoms with van der Waals surface area (Å²) in [5, 5.41) is 0. The number of imide groups is 2. The Kier molecular flexibility index (Phi) is 2.29. The molecule has 2 atom stereocenters. The van der Waals surface area contributed by atoms with Gasteiger partial charge in [-0.2, -0.15) is 0 Å². The minimum absolute atomic E-state index is 0.0346. The molecule has 2 rings (SSSR count). The largest absolute Gasteiger partial charge is 0.285 e. The Hall–Kier alpha value is -1.72. The molecule has 16 heavy (non-hydrogen) atoms. The lowest BCUT2D eigenvalue weighted by atomic mass is 9.89. The maximum absolute atomic E-state index is 11.7. The first kappa shape index (κ1) is 10.8. The van der Waals surface area contributed by atoms with E-state index in [1.54, 1.807) is 0 Å². The third-order valence-corrected chi connectivity index (χ3v) is 3.32. The van der Waals surface area contributed by atoms with Crippen LogP contribution in [0.5, 0.6) is 0 Å². The minimum Gasteiger partial charge on any atom is -0.285 e. The van der Waals surface area contributed by atoms with Gasteiger partial charge in [-0.05, 0) is 0 Å². The van der Waals surface area contributed by atoms with E-state index in [0.29, 0.717) is 0 Å². The van der Waals surface area contributed by atoms with Gasteiger partial charge in [0, 0.05) is 26.9 Å². The Labute approximate surface area is 92.2 Å². The second-order valence-corrected chi connectivity index (χ2v) is 4.20. The van der Waals surface area contributed by atoms with Crippen LogP contribution in [0, 0.1) is 11.8 Å². The Bertz CT molecular complexity index is 366. The lowest BCUT2D eigenvalue weighted by molar-refractivity contribution is -0.142. The van der Waals surface area contributed by atoms with E-state index in [9.17, 15) is 19.2 Å². The van der Waals surface area contributed by atoms with Gasteiger partial charge in [0.05, 0.1) is 11.8 Å². The lowest BCUT2D eigenvalue weighted by Crippen LogP contribution is -2.32. The number of rotatable bonds is 1. The molecule has 0 aromatic heterocycles. The minimum atomic E-state index is -0.654. The fourth-order valence-electron chi connectivity index (χ4n) is 2.20. The maximum Gasteiger partial charge on any atom is 0.233 e. The van der Waals surface area contributed by atoms with Crippen molar-refractivity contribution >= 4 is 23.6 Å². The van der Waals surface area contributed by atoms with Gasteiger partial charge in [0.15, 0.2) is 0 Å². The highest BCUT2D eigenvalue weighted by molar-refractivity contribution is 6.09. The predicted octanol–water partition coefficient (Wildman–Crippen LogP) is -1.00. The molecule has 6 nitrogen and oxygen atoms in total. The van der Waals surface area contributed by atoms with Gasteiger partial charge in [-0.25, -0.2) is 0 Å². The summed E-state index contributed by atoms with van der Waals surface area (Å²) in [4.78, 5) is 48.1. The van der Waals surface area contributed by atoms with E-state index < -0.39 is 11.8 Å². The van der Waals surface area contributed by atoms with E-state index in [0.717, 1.165) is 9.80 Å². The van der Waals surface area contributed by atoms with Gasteiger partial charge >= 0.3 is 0 Å². The van der Waals surface area contributed by atoms with Gasteiger partial charge in [-0.15, -0.1) is 0 Å². The summed E-state index contributed by atoms with van der Waals surface area (Å²) < 4.78 is 0. The lowest BCUT2D eigenvalue weighted by Gasteiger charge is -2.13. The van der Waals surface area contributed by atoms with Crippen molar-refractivity contribution in [3.8, 4) is 0 Å². The molecule has 0 spiro atoms. The zero-order chi connectivity index (χ0) is 12.0. The number of likely N-dealkylation sites (tertiary alicyclic amines) is 2. The zero-order valence-corrected chi connectivity index (χ0v) is 9.10. The third kappa shape index (κ3) is 1.33. The van der Waals surface area contributed by atoms with E-state index in [1.807, 2.05) is 0 Å². The summed E-state index contributed by atoms with van der Waals surface area (Å²) in [6.45, 7) is 0. The number of hydrogen-bond donors (Lipinski definition) is 0. The second-order valence-electron chi connectivity index (χ2n) is 4.20. The normalized spacial score (nSPS) is 30.9. The molecule has 0 N–H and O–H groups in total. The van der Waals surface area contributed by atoms with Crippen LogP contribution in [-0.4, -0.2) is 47.5 Å². The molecule has 2 saturated heterocycles. The number of hydrogen-bond acceptors (Lipinski definition) is 4. The van der Waals surface area contributed by atoms with Gasteiger partial charge in [0.2, 0.25) is 23.6 Å². The van der Waals surface area contributed by atoms with Crippen LogP contribution in [0.3, 0.4) is 0 Å². The average molecular weight is 224 g/mol. The summed E-state index contributed by atoms with van der Waals surface area (Å²) in [5.74, 6) is -2.59. The molecular weight excluding hydrogens is 212 g/mol. The van der Waals surface area contributed by atoms with E-state index in [2.05, 4.69) is 0 Å². The predicted molar refractivity (Wildman–Crippen MR) is 51.8 cm³/mol. The quantitative estimate of drug-likeness (QED) is 0.535. The molecule has 4 amide bonds. The molecular formula is C10H12N2O4. The topological polar surface area (TPSA) is 74.8 Å². The monoisotopic (exact) mass is 224 g/mol. The average Bonchev–Trinajstić information content (AvgIpc) is 2.64. The van der Waals surface area contributed by atoms with Crippen molar-refractivity contribution in [1.29, 1.82) is 0 Å². The van der Waals surface area contributed by atoms with E-state index >= 15 is 0 Å². The number of amides is 4. The molecule has 2 aliphatic rings. The molecule has 0 bridgehead atoms. The molecule has 0 radical (unpaired) electrons. The first-order valence-electron chi connectivity index (χ1n) is 5.04. The molecule has 86 valence electrons. The Morgan fingerprint density at radius 1 is 0.812 bits per heavy atom. The standard InChI is InChI=1S/C10H12N2O4/c1-11-7(13)3-5(9(11)15)6-4-8(14)12(2)10(6)16/h5-6H,3-4H2,1-2H3. The smallest absolute Gasteiger partial charge is 0.233 e. The zero-order valence-electron chi connectivity index (χ0n) is 9.10. The molecule has 0 aliphatic carbocycles. The molecule has 2 heterocycles. The van der Waals surface area contributed by atoms with Gasteiger partial charge in [0.1, 0.15) is 0 Å². The van der Waals surface area contributed by atoms with E-state index in [-0.39, 0.29) is 36.5 Å². The highest BCUT2D eigenvalue weighted by Crippen LogP contribution is 2.33. The summed E-state index contributed by atoms with van der Waals surface area (Å²) in [7, 11) is 2.80. The van der Waals surface area contributed by atoms with Gasteiger partial charge in [0.25, 0.3) is 0 Å². The van der Waals surface area contributed by atoms with Crippen LogP contribution < -0.4 is 0 Å². The molecule has 2 fully saturated rings. The number of nitrogens with zero attached hydrogens (tertiary/aromatic N) is 2. The third-order valence-electron chi connectivity index (χ3n) is 3.32. The van der Waals surface area contributed by atoms with Gasteiger partial charge in [-0.1, -0.05) is 0 Å². The van der Waals surface area contributed by atoms with Crippen LogP contribution in [0.1, 0.15) is 12.8 Å². The molecule has 0 aromatic rings. The molecule has 2 aliphatic heterocycles. The summed E-state index contributed by atoms with van der Waals surface area (Å²) in [6, 6.07) is 0. The highest BCUT2D eigenvalue weighted by atomic mass is 16.2. The van der Waals surface area contributed by atoms with Crippen molar-refractivity contribution < 1.29 is 19.2 Å². The van der Waals surface area contributed by atoms with Crippen LogP contribution in [0.4, 0.5) is 0 Å². The van der Waals surface area contributed by atoms with Crippen LogP contribution in [0.15, 0.2) is 0 Å². The van der Waals surface area contributed by atoms with E-state index in [4.69, 9.17) is 0 Å².